The number of rotatable bonds is 18. The average molecular weight is 1390 g/mol. The molecule has 0 bridgehead atoms. The van der Waals surface area contributed by atoms with Crippen molar-refractivity contribution in [2.24, 2.45) is 35.5 Å². The lowest BCUT2D eigenvalue weighted by atomic mass is 10.0. The minimum atomic E-state index is -0.658. The van der Waals surface area contributed by atoms with Gasteiger partial charge in [0.25, 0.3) is 11.1 Å². The van der Waals surface area contributed by atoms with Crippen LogP contribution >= 0.6 is 0 Å². The summed E-state index contributed by atoms with van der Waals surface area (Å²) in [6.45, 7) is 16.7. The molecule has 4 saturated heterocycles. The molecule has 34 heteroatoms. The number of aromatic amines is 2. The normalized spacial score (nSPS) is 26.2. The molecule has 0 aromatic carbocycles. The van der Waals surface area contributed by atoms with Crippen LogP contribution in [0.4, 0.5) is 23.8 Å². The number of H-pyrrole nitrogens is 2. The van der Waals surface area contributed by atoms with E-state index in [9.17, 15) is 49.2 Å². The maximum Gasteiger partial charge on any atom is 0.333 e. The van der Waals surface area contributed by atoms with E-state index in [1.54, 1.807) is 15.3 Å². The second-order valence-corrected chi connectivity index (χ2v) is 27.4. The van der Waals surface area contributed by atoms with Gasteiger partial charge < -0.3 is 62.3 Å². The fourth-order valence-corrected chi connectivity index (χ4v) is 14.1. The van der Waals surface area contributed by atoms with E-state index in [4.69, 9.17) is 54.7 Å². The zero-order valence-corrected chi connectivity index (χ0v) is 57.5. The van der Waals surface area contributed by atoms with Crippen LogP contribution in [0.25, 0.3) is 44.7 Å². The number of anilines is 4. The molecule has 100 heavy (non-hydrogen) atoms. The Bertz CT molecular complexity index is 4760. The van der Waals surface area contributed by atoms with Gasteiger partial charge in [-0.1, -0.05) is 67.2 Å². The Morgan fingerprint density at radius 2 is 0.770 bits per heavy atom. The standard InChI is InChI=1S/C17H25N5O4.C17H25N5O3.C16H21N5O4.C16H21N5O3/c1-3-10(23)11-6-8(2)15(26-11)22-13-12(14(24)20-16(18)19-13)21(17(22)25)7-9-4-5-9;1-3-12(23)13-6-9(2)15(25-13)22-14-11(7-19-16(18)20-14)21(17(22)24)8-10-4-5-10;1-4-6-20-11-12(18-15(17)19-13(11)23)21(16(20)24)14-8(3)7-10(25-14)9(22)5-2;1-4-6-20-10-8-18-15(17)19-13(10)21(16(20)23)14-9(3)7-12(24-14)11(22)5-2/h8-11,15,23H,3-7H2,1-2H3,(H3,18,19,20,24);7,9-10,12-13,15,23H,3-6,8H2,1-2H3,(H2,18,19,20);1,8-10,14,22H,5-7H2,2-3H3,(H3,17,18,19,23);1,8-9,11-12,14,22H,5-7H2,2-3H3,(H2,17,18,19)/t8-,10+,11+,15-;9-,12+,13+,15-;8-,9+,10+,14-;9-,11+,12+,14-/m1111/s1. The van der Waals surface area contributed by atoms with Crippen molar-refractivity contribution in [2.75, 3.05) is 22.9 Å². The van der Waals surface area contributed by atoms with Gasteiger partial charge in [0.15, 0.2) is 33.6 Å². The van der Waals surface area contributed by atoms with Crippen LogP contribution < -0.4 is 56.8 Å². The van der Waals surface area contributed by atoms with E-state index in [0.717, 1.165) is 25.7 Å². The monoisotopic (exact) mass is 1390 g/mol. The number of hydrogen-bond donors (Lipinski definition) is 10. The van der Waals surface area contributed by atoms with Crippen LogP contribution in [-0.2, 0) is 45.1 Å². The van der Waals surface area contributed by atoms with Gasteiger partial charge in [-0.2, -0.15) is 19.9 Å². The van der Waals surface area contributed by atoms with Gasteiger partial charge in [0, 0.05) is 36.8 Å². The maximum absolute atomic E-state index is 13.1. The highest BCUT2D eigenvalue weighted by Gasteiger charge is 2.44. The van der Waals surface area contributed by atoms with Crippen molar-refractivity contribution >= 4 is 68.4 Å². The van der Waals surface area contributed by atoms with Crippen molar-refractivity contribution in [2.45, 2.75) is 232 Å². The number of imidazole rings is 4. The fourth-order valence-electron chi connectivity index (χ4n) is 14.1. The van der Waals surface area contributed by atoms with Gasteiger partial charge >= 0.3 is 22.8 Å². The third-order valence-corrected chi connectivity index (χ3v) is 19.9. The van der Waals surface area contributed by atoms with E-state index in [2.05, 4.69) is 51.7 Å². The van der Waals surface area contributed by atoms with Crippen molar-refractivity contribution in [3.05, 3.63) is 75.0 Å². The average Bonchev–Trinajstić information content (AvgIpc) is 1.61. The second-order valence-electron chi connectivity index (χ2n) is 27.4. The molecule has 0 amide bonds. The molecular weight excluding hydrogens is 1300 g/mol. The number of hydrogen-bond acceptors (Lipinski definition) is 24. The van der Waals surface area contributed by atoms with Crippen molar-refractivity contribution in [1.29, 1.82) is 0 Å². The van der Waals surface area contributed by atoms with Crippen LogP contribution in [0.5, 0.6) is 0 Å². The van der Waals surface area contributed by atoms with Crippen molar-refractivity contribution in [3.8, 4) is 24.7 Å². The van der Waals surface area contributed by atoms with E-state index in [-0.39, 0.29) is 124 Å². The molecule has 0 radical (unpaired) electrons. The Kier molecular flexibility index (Phi) is 21.4. The number of aromatic nitrogens is 16. The zero-order valence-electron chi connectivity index (χ0n) is 57.5. The lowest BCUT2D eigenvalue weighted by Crippen LogP contribution is -2.31. The van der Waals surface area contributed by atoms with Gasteiger partial charge in [0.2, 0.25) is 23.8 Å². The largest absolute Gasteiger partial charge is 0.390 e. The first-order chi connectivity index (χ1) is 47.7. The topological polar surface area (TPSA) is 473 Å². The molecule has 0 unspecified atom stereocenters. The highest BCUT2D eigenvalue weighted by molar-refractivity contribution is 5.74. The van der Waals surface area contributed by atoms with Crippen LogP contribution in [0, 0.1) is 60.2 Å². The van der Waals surface area contributed by atoms with E-state index in [0.29, 0.717) is 98.6 Å². The summed E-state index contributed by atoms with van der Waals surface area (Å²) >= 11 is 0. The predicted octanol–water partition coefficient (Wildman–Crippen LogP) is 2.15. The van der Waals surface area contributed by atoms with Gasteiger partial charge in [-0.25, -0.2) is 47.4 Å². The summed E-state index contributed by atoms with van der Waals surface area (Å²) in [5, 5.41) is 40.4. The van der Waals surface area contributed by atoms with Gasteiger partial charge in [0.05, 0.1) is 74.3 Å². The maximum atomic E-state index is 13.1. The summed E-state index contributed by atoms with van der Waals surface area (Å²) in [4.78, 5) is 106. The first kappa shape index (κ1) is 72.3. The van der Waals surface area contributed by atoms with Crippen LogP contribution in [0.2, 0.25) is 0 Å². The Morgan fingerprint density at radius 1 is 0.470 bits per heavy atom. The number of nitrogens with two attached hydrogens (primary N) is 4. The van der Waals surface area contributed by atoms with Crippen molar-refractivity contribution < 1.29 is 39.4 Å². The van der Waals surface area contributed by atoms with Crippen LogP contribution in [0.15, 0.2) is 41.2 Å². The number of nitrogens with zero attached hydrogens (tertiary/aromatic N) is 14. The molecule has 0 spiro atoms. The highest BCUT2D eigenvalue weighted by atomic mass is 16.5. The Hall–Kier alpha value is -9.00. The smallest absolute Gasteiger partial charge is 0.333 e. The SMILES string of the molecule is C#CCn1c(=O)n([C@@H]2O[C@H]([C@@H](O)CC)C[C@H]2C)c2nc(N)[nH]c(=O)c21.C#CCn1c(=O)n([C@@H]2O[C@H]([C@@H](O)CC)C[C@H]2C)c2nc(N)ncc21.CC[C@H](O)[C@@H]1C[C@@H](C)[C@H](n2c(=O)n(CC3CC3)c3c(=O)[nH]c(N)nc32)O1.CC[C@H](O)[C@@H]1C[C@@H](C)[C@H](n2c(=O)n(CC3CC3)c3cnc(N)nc32)O1. The Labute approximate surface area is 572 Å². The van der Waals surface area contributed by atoms with E-state index in [1.807, 2.05) is 55.4 Å². The number of aliphatic hydroxyl groups excluding tert-OH is 4. The summed E-state index contributed by atoms with van der Waals surface area (Å²) in [7, 11) is 0. The van der Waals surface area contributed by atoms with E-state index in [1.165, 1.54) is 33.6 Å². The molecule has 14 rings (SSSR count). The molecule has 6 aliphatic rings. The van der Waals surface area contributed by atoms with Crippen LogP contribution in [0.1, 0.15) is 157 Å². The Balaban J connectivity index is 0.000000135. The summed E-state index contributed by atoms with van der Waals surface area (Å²) < 4.78 is 35.7. The minimum Gasteiger partial charge on any atom is -0.390 e. The van der Waals surface area contributed by atoms with Crippen molar-refractivity contribution in [3.63, 3.8) is 0 Å². The number of terminal acetylenes is 2. The van der Waals surface area contributed by atoms with Crippen LogP contribution in [0.3, 0.4) is 0 Å². The first-order valence-electron chi connectivity index (χ1n) is 34.4. The molecule has 540 valence electrons. The molecule has 12 heterocycles. The number of nitrogens with one attached hydrogen (secondary N) is 2. The van der Waals surface area contributed by atoms with E-state index >= 15 is 0 Å². The van der Waals surface area contributed by atoms with Gasteiger partial charge in [-0.05, 0) is 88.9 Å². The summed E-state index contributed by atoms with van der Waals surface area (Å²) in [6.07, 6.45) is 17.3. The van der Waals surface area contributed by atoms with Crippen molar-refractivity contribution in [1.82, 2.24) is 76.4 Å². The number of nitrogen functional groups attached to an aromatic ring is 4. The molecule has 14 N–H and O–H groups in total. The number of ether oxygens (including phenoxy) is 4. The van der Waals surface area contributed by atoms with Gasteiger partial charge in [0.1, 0.15) is 35.9 Å². The molecule has 2 saturated carbocycles. The van der Waals surface area contributed by atoms with Gasteiger partial charge in [-0.3, -0.25) is 37.8 Å². The molecule has 8 aromatic heterocycles. The molecule has 6 fully saturated rings. The molecule has 8 aromatic rings. The predicted molar refractivity (Wildman–Crippen MR) is 370 cm³/mol. The van der Waals surface area contributed by atoms with Gasteiger partial charge in [-0.15, -0.1) is 12.8 Å². The summed E-state index contributed by atoms with van der Waals surface area (Å²) in [5.41, 5.74) is 23.4. The summed E-state index contributed by atoms with van der Waals surface area (Å²) in [6, 6.07) is 0. The fraction of sp³-hybridized carbons (Fsp3) is 0.636. The number of fused-ring (bicyclic) bond motifs is 4. The molecule has 2 aliphatic carbocycles. The highest BCUT2D eigenvalue weighted by Crippen LogP contribution is 2.42. The molecule has 34 nitrogen and oxygen atoms in total. The number of aliphatic hydroxyl groups is 4. The van der Waals surface area contributed by atoms with Crippen LogP contribution in [-0.4, -0.2) is 146 Å². The first-order valence-corrected chi connectivity index (χ1v) is 34.4. The lowest BCUT2D eigenvalue weighted by molar-refractivity contribution is -0.0651. The Morgan fingerprint density at radius 3 is 1.12 bits per heavy atom. The molecule has 4 aliphatic heterocycles. The third-order valence-electron chi connectivity index (χ3n) is 19.9. The molecular formula is C66H92N20O14. The second kappa shape index (κ2) is 29.7. The van der Waals surface area contributed by atoms with E-state index < -0.39 is 66.1 Å². The zero-order chi connectivity index (χ0) is 72.0. The third kappa shape index (κ3) is 14.1. The minimum absolute atomic E-state index is 0.00110. The lowest BCUT2D eigenvalue weighted by Gasteiger charge is -2.19. The molecule has 16 atom stereocenters. The quantitative estimate of drug-likeness (QED) is 0.0550. The summed E-state index contributed by atoms with van der Waals surface area (Å²) in [5.74, 6) is 5.96.